The molecular weight excluding hydrogens is 580 g/mol. The second-order valence-corrected chi connectivity index (χ2v) is 11.5. The second-order valence-electron chi connectivity index (χ2n) is 10.5. The Labute approximate surface area is 260 Å². The minimum absolute atomic E-state index is 0.0321. The van der Waals surface area contributed by atoms with Crippen LogP contribution in [0.3, 0.4) is 0 Å². The number of rotatable bonds is 12. The van der Waals surface area contributed by atoms with Gasteiger partial charge in [-0.15, -0.1) is 0 Å². The van der Waals surface area contributed by atoms with E-state index in [2.05, 4.69) is 5.32 Å². The lowest BCUT2D eigenvalue weighted by atomic mass is 9.97. The van der Waals surface area contributed by atoms with Crippen LogP contribution < -0.4 is 10.0 Å². The van der Waals surface area contributed by atoms with Gasteiger partial charge in [0.25, 0.3) is 5.03 Å². The summed E-state index contributed by atoms with van der Waals surface area (Å²) in [5.41, 5.74) is 5.47. The lowest BCUT2D eigenvalue weighted by Gasteiger charge is -2.36. The molecule has 2 heterocycles. The summed E-state index contributed by atoms with van der Waals surface area (Å²) in [5, 5.41) is 33.9. The normalized spacial score (nSPS) is 18.1. The zero-order valence-corrected chi connectivity index (χ0v) is 24.8. The summed E-state index contributed by atoms with van der Waals surface area (Å²) < 4.78 is 13.7. The first kappa shape index (κ1) is 31.2. The number of aliphatic carboxylic acids is 1. The number of aliphatic hydroxyl groups is 1. The number of benzene rings is 3. The maximum atomic E-state index is 12.2. The zero-order chi connectivity index (χ0) is 30.9. The Hall–Kier alpha value is -4.22. The van der Waals surface area contributed by atoms with E-state index in [-0.39, 0.29) is 44.1 Å². The maximum absolute atomic E-state index is 12.2. The largest absolute Gasteiger partial charge is 0.618 e. The summed E-state index contributed by atoms with van der Waals surface area (Å²) in [7, 11) is 0. The standard InChI is InChI=1S/C34H34N2O7S/c37-21-23-8-10-25(11-9-23)30-19-28(22-44-32-7-3-4-18-36(32)41)42-34(43-30)26-14-12-24(13-15-26)29-6-2-1-5-27(29)20-35-31(38)16-17-33(39)40/h1-15,18,28,30,34,37H,16-17,19-22H2,(H,35,38)(H,39,40). The van der Waals surface area contributed by atoms with Crippen molar-refractivity contribution in [2.75, 3.05) is 5.75 Å². The fourth-order valence-corrected chi connectivity index (χ4v) is 5.94. The number of hydrogen-bond acceptors (Lipinski definition) is 7. The van der Waals surface area contributed by atoms with Crippen LogP contribution in [-0.4, -0.2) is 33.9 Å². The predicted octanol–water partition coefficient (Wildman–Crippen LogP) is 5.30. The maximum Gasteiger partial charge on any atom is 0.303 e. The number of carboxylic acids is 1. The van der Waals surface area contributed by atoms with Crippen molar-refractivity contribution in [2.45, 2.75) is 55.9 Å². The van der Waals surface area contributed by atoms with Gasteiger partial charge in [-0.05, 0) is 33.9 Å². The summed E-state index contributed by atoms with van der Waals surface area (Å²) in [6.45, 7) is 0.252. The average molecular weight is 615 g/mol. The van der Waals surface area contributed by atoms with Crippen LogP contribution in [0.4, 0.5) is 0 Å². The number of pyridine rings is 1. The van der Waals surface area contributed by atoms with E-state index >= 15 is 0 Å². The second kappa shape index (κ2) is 15.0. The van der Waals surface area contributed by atoms with Crippen molar-refractivity contribution in [3.8, 4) is 11.1 Å². The van der Waals surface area contributed by atoms with E-state index < -0.39 is 12.3 Å². The van der Waals surface area contributed by atoms with Gasteiger partial charge in [-0.25, -0.2) is 0 Å². The number of amides is 1. The highest BCUT2D eigenvalue weighted by atomic mass is 32.2. The fraction of sp³-hybridized carbons (Fsp3) is 0.265. The lowest BCUT2D eigenvalue weighted by molar-refractivity contribution is -0.645. The lowest BCUT2D eigenvalue weighted by Crippen LogP contribution is -2.32. The molecule has 0 saturated carbocycles. The average Bonchev–Trinajstić information content (AvgIpc) is 3.06. The van der Waals surface area contributed by atoms with Crippen molar-refractivity contribution >= 4 is 23.6 Å². The summed E-state index contributed by atoms with van der Waals surface area (Å²) in [4.78, 5) is 22.9. The smallest absolute Gasteiger partial charge is 0.303 e. The Morgan fingerprint density at radius 1 is 0.909 bits per heavy atom. The Morgan fingerprint density at radius 2 is 1.64 bits per heavy atom. The minimum Gasteiger partial charge on any atom is -0.618 e. The number of nitrogens with one attached hydrogen (secondary N) is 1. The molecule has 44 heavy (non-hydrogen) atoms. The first-order valence-corrected chi connectivity index (χ1v) is 15.4. The van der Waals surface area contributed by atoms with Crippen LogP contribution in [0.15, 0.2) is 102 Å². The molecule has 4 aromatic rings. The first-order chi connectivity index (χ1) is 21.4. The highest BCUT2D eigenvalue weighted by molar-refractivity contribution is 7.99. The molecule has 1 aromatic heterocycles. The highest BCUT2D eigenvalue weighted by Crippen LogP contribution is 2.39. The molecule has 1 aliphatic rings. The van der Waals surface area contributed by atoms with E-state index in [4.69, 9.17) is 14.6 Å². The predicted molar refractivity (Wildman–Crippen MR) is 165 cm³/mol. The number of aromatic nitrogens is 1. The van der Waals surface area contributed by atoms with Gasteiger partial charge in [-0.1, -0.05) is 84.6 Å². The molecule has 0 spiro atoms. The number of nitrogens with zero attached hydrogens (tertiary/aromatic N) is 1. The van der Waals surface area contributed by atoms with Crippen molar-refractivity contribution in [1.29, 1.82) is 0 Å². The van der Waals surface area contributed by atoms with Crippen LogP contribution in [0, 0.1) is 5.21 Å². The molecule has 3 aromatic carbocycles. The van der Waals surface area contributed by atoms with E-state index in [9.17, 15) is 19.9 Å². The Balaban J connectivity index is 1.32. The molecule has 3 N–H and O–H groups in total. The molecule has 10 heteroatoms. The van der Waals surface area contributed by atoms with Crippen LogP contribution in [0.5, 0.6) is 0 Å². The van der Waals surface area contributed by atoms with Gasteiger partial charge in [0.2, 0.25) is 5.91 Å². The van der Waals surface area contributed by atoms with E-state index in [1.165, 1.54) is 18.0 Å². The Morgan fingerprint density at radius 3 is 2.36 bits per heavy atom. The molecule has 5 rings (SSSR count). The van der Waals surface area contributed by atoms with Gasteiger partial charge < -0.3 is 30.2 Å². The third-order valence-corrected chi connectivity index (χ3v) is 8.52. The van der Waals surface area contributed by atoms with Gasteiger partial charge in [0, 0.05) is 42.8 Å². The fourth-order valence-electron chi connectivity index (χ4n) is 5.00. The summed E-state index contributed by atoms with van der Waals surface area (Å²) in [6.07, 6.45) is 0.747. The number of carbonyl (C=O) groups is 2. The van der Waals surface area contributed by atoms with Crippen molar-refractivity contribution < 1.29 is 34.0 Å². The Bertz CT molecular complexity index is 1560. The molecule has 3 atom stereocenters. The monoisotopic (exact) mass is 614 g/mol. The number of carbonyl (C=O) groups excluding carboxylic acids is 1. The number of thioether (sulfide) groups is 1. The van der Waals surface area contributed by atoms with Crippen molar-refractivity contribution in [1.82, 2.24) is 5.32 Å². The molecule has 1 fully saturated rings. The van der Waals surface area contributed by atoms with E-state index in [1.807, 2.05) is 78.9 Å². The molecule has 228 valence electrons. The minimum atomic E-state index is -1.01. The molecule has 0 aliphatic carbocycles. The number of aliphatic hydroxyl groups excluding tert-OH is 1. The van der Waals surface area contributed by atoms with Crippen LogP contribution in [0.1, 0.15) is 53.9 Å². The van der Waals surface area contributed by atoms with E-state index in [1.54, 1.807) is 12.1 Å². The third-order valence-electron chi connectivity index (χ3n) is 7.37. The van der Waals surface area contributed by atoms with Gasteiger partial charge in [-0.2, -0.15) is 4.73 Å². The van der Waals surface area contributed by atoms with Crippen LogP contribution in [0.25, 0.3) is 11.1 Å². The molecule has 1 aliphatic heterocycles. The highest BCUT2D eigenvalue weighted by Gasteiger charge is 2.32. The van der Waals surface area contributed by atoms with Crippen LogP contribution in [0.2, 0.25) is 0 Å². The van der Waals surface area contributed by atoms with Crippen LogP contribution >= 0.6 is 11.8 Å². The van der Waals surface area contributed by atoms with Gasteiger partial charge in [-0.3, -0.25) is 9.59 Å². The number of carboxylic acid groups (broad SMARTS) is 1. The summed E-state index contributed by atoms with van der Waals surface area (Å²) in [5.74, 6) is -0.745. The van der Waals surface area contributed by atoms with E-state index in [0.29, 0.717) is 17.2 Å². The molecule has 9 nitrogen and oxygen atoms in total. The van der Waals surface area contributed by atoms with Gasteiger partial charge >= 0.3 is 5.97 Å². The quantitative estimate of drug-likeness (QED) is 0.111. The number of ether oxygens (including phenoxy) is 2. The molecule has 1 amide bonds. The van der Waals surface area contributed by atoms with Crippen LogP contribution in [-0.2, 0) is 32.2 Å². The van der Waals surface area contributed by atoms with Crippen molar-refractivity contribution in [2.24, 2.45) is 0 Å². The molecular formula is C34H34N2O7S. The summed E-state index contributed by atoms with van der Waals surface area (Å²) >= 11 is 1.44. The van der Waals surface area contributed by atoms with Crippen molar-refractivity contribution in [3.05, 3.63) is 125 Å². The zero-order valence-electron chi connectivity index (χ0n) is 24.0. The Kier molecular flexibility index (Phi) is 10.6. The van der Waals surface area contributed by atoms with Gasteiger partial charge in [0.15, 0.2) is 12.5 Å². The molecule has 1 saturated heterocycles. The van der Waals surface area contributed by atoms with Gasteiger partial charge in [0.05, 0.1) is 25.2 Å². The first-order valence-electron chi connectivity index (χ1n) is 14.4. The van der Waals surface area contributed by atoms with Crippen molar-refractivity contribution in [3.63, 3.8) is 0 Å². The number of hydrogen-bond donors (Lipinski definition) is 3. The molecule has 0 bridgehead atoms. The van der Waals surface area contributed by atoms with E-state index in [0.717, 1.165) is 38.1 Å². The topological polar surface area (TPSA) is 132 Å². The van der Waals surface area contributed by atoms with Gasteiger partial charge in [0.1, 0.15) is 0 Å². The molecule has 0 radical (unpaired) electrons. The SMILES string of the molecule is O=C(O)CCC(=O)NCc1ccccc1-c1ccc(C2OC(CSc3cccc[n+]3[O-])CC(c3ccc(CO)cc3)O2)cc1. The molecule has 3 unspecified atom stereocenters. The third kappa shape index (κ3) is 8.23. The summed E-state index contributed by atoms with van der Waals surface area (Å²) in [6, 6.07) is 28.7.